The number of hydrogen-bond acceptors (Lipinski definition) is 5. The van der Waals surface area contributed by atoms with Crippen molar-refractivity contribution in [3.8, 4) is 11.5 Å². The zero-order chi connectivity index (χ0) is 19.4. The molecule has 140 valence electrons. The summed E-state index contributed by atoms with van der Waals surface area (Å²) in [4.78, 5) is 35.7. The highest BCUT2D eigenvalue weighted by Crippen LogP contribution is 2.32. The van der Waals surface area contributed by atoms with E-state index < -0.39 is 11.2 Å². The molecule has 1 N–H and O–H groups in total. The number of ether oxygens (including phenoxy) is 2. The van der Waals surface area contributed by atoms with Gasteiger partial charge in [-0.05, 0) is 37.1 Å². The van der Waals surface area contributed by atoms with Crippen LogP contribution in [0, 0.1) is 6.92 Å². The number of rotatable bonds is 6. The van der Waals surface area contributed by atoms with Crippen LogP contribution in [-0.4, -0.2) is 29.3 Å². The van der Waals surface area contributed by atoms with Gasteiger partial charge in [0.25, 0.3) is 5.56 Å². The van der Waals surface area contributed by atoms with Gasteiger partial charge in [0.1, 0.15) is 6.54 Å². The van der Waals surface area contributed by atoms with Gasteiger partial charge in [0, 0.05) is 19.3 Å². The second kappa shape index (κ2) is 7.90. The summed E-state index contributed by atoms with van der Waals surface area (Å²) in [6.07, 6.45) is 1.32. The lowest BCUT2D eigenvalue weighted by Crippen LogP contribution is -2.40. The van der Waals surface area contributed by atoms with Crippen molar-refractivity contribution in [3.63, 3.8) is 0 Å². The summed E-state index contributed by atoms with van der Waals surface area (Å²) in [6.45, 7) is 3.58. The largest absolute Gasteiger partial charge is 0.493 e. The molecule has 1 aromatic heterocycles. The van der Waals surface area contributed by atoms with Crippen molar-refractivity contribution in [2.24, 2.45) is 7.05 Å². The van der Waals surface area contributed by atoms with Gasteiger partial charge in [-0.15, -0.1) is 0 Å². The van der Waals surface area contributed by atoms with Crippen molar-refractivity contribution in [2.45, 2.75) is 26.4 Å². The molecule has 0 aliphatic carbocycles. The van der Waals surface area contributed by atoms with E-state index in [0.29, 0.717) is 11.5 Å². The number of hydrogen-bond donors (Lipinski definition) is 1. The van der Waals surface area contributed by atoms with Gasteiger partial charge in [-0.1, -0.05) is 0 Å². The number of nitrogens with zero attached hydrogens (tertiary/aromatic N) is 2. The predicted octanol–water partition coefficient (Wildman–Crippen LogP) is 0.750. The standard InChI is InChI=1S/C18H23N3O5/c1-11-8-14(25-4)15(26-5)9-13(11)12(2)19-16(22)10-21-7-6-17(23)20(3)18(21)24/h6-9,12H,10H2,1-5H3,(H,19,22). The smallest absolute Gasteiger partial charge is 0.331 e. The fourth-order valence-electron chi connectivity index (χ4n) is 2.72. The molecule has 8 nitrogen and oxygen atoms in total. The molecule has 1 unspecified atom stereocenters. The molecule has 0 saturated heterocycles. The van der Waals surface area contributed by atoms with Gasteiger partial charge in [0.2, 0.25) is 5.91 Å². The number of aryl methyl sites for hydroxylation is 1. The first-order chi connectivity index (χ1) is 12.3. The van der Waals surface area contributed by atoms with Gasteiger partial charge in [0.15, 0.2) is 11.5 Å². The third-order valence-electron chi connectivity index (χ3n) is 4.19. The Hall–Kier alpha value is -3.03. The minimum absolute atomic E-state index is 0.177. The number of carbonyl (C=O) groups excluding carboxylic acids is 1. The number of aromatic nitrogens is 2. The summed E-state index contributed by atoms with van der Waals surface area (Å²) in [5.74, 6) is 0.847. The monoisotopic (exact) mass is 361 g/mol. The fraction of sp³-hybridized carbons (Fsp3) is 0.389. The van der Waals surface area contributed by atoms with E-state index in [2.05, 4.69) is 5.32 Å². The number of amides is 1. The number of carbonyl (C=O) groups is 1. The second-order valence-electron chi connectivity index (χ2n) is 5.98. The lowest BCUT2D eigenvalue weighted by molar-refractivity contribution is -0.122. The topological polar surface area (TPSA) is 91.6 Å². The van der Waals surface area contributed by atoms with Crippen LogP contribution in [0.4, 0.5) is 0 Å². The van der Waals surface area contributed by atoms with Crippen LogP contribution in [0.1, 0.15) is 24.1 Å². The molecule has 2 rings (SSSR count). The molecule has 0 aliphatic rings. The van der Waals surface area contributed by atoms with Gasteiger partial charge in [-0.2, -0.15) is 0 Å². The summed E-state index contributed by atoms with van der Waals surface area (Å²) in [6, 6.07) is 4.60. The van der Waals surface area contributed by atoms with E-state index in [-0.39, 0.29) is 18.5 Å². The average molecular weight is 361 g/mol. The molecule has 1 atom stereocenters. The van der Waals surface area contributed by atoms with E-state index in [4.69, 9.17) is 9.47 Å². The molecule has 8 heteroatoms. The summed E-state index contributed by atoms with van der Waals surface area (Å²) in [5.41, 5.74) is 0.863. The highest BCUT2D eigenvalue weighted by Gasteiger charge is 2.16. The van der Waals surface area contributed by atoms with Crippen LogP contribution in [0.5, 0.6) is 11.5 Å². The van der Waals surface area contributed by atoms with Gasteiger partial charge < -0.3 is 14.8 Å². The highest BCUT2D eigenvalue weighted by molar-refractivity contribution is 5.76. The van der Waals surface area contributed by atoms with Crippen LogP contribution in [0.15, 0.2) is 34.0 Å². The third-order valence-corrected chi connectivity index (χ3v) is 4.19. The highest BCUT2D eigenvalue weighted by atomic mass is 16.5. The molecule has 1 amide bonds. The maximum absolute atomic E-state index is 12.3. The lowest BCUT2D eigenvalue weighted by atomic mass is 10.0. The fourth-order valence-corrected chi connectivity index (χ4v) is 2.72. The Labute approximate surface area is 151 Å². The predicted molar refractivity (Wildman–Crippen MR) is 96.8 cm³/mol. The Morgan fingerprint density at radius 3 is 2.42 bits per heavy atom. The molecule has 0 saturated carbocycles. The minimum atomic E-state index is -0.539. The molecular weight excluding hydrogens is 338 g/mol. The summed E-state index contributed by atoms with van der Waals surface area (Å²) in [7, 11) is 4.48. The first-order valence-corrected chi connectivity index (χ1v) is 8.06. The number of methoxy groups -OCH3 is 2. The van der Waals surface area contributed by atoms with Crippen molar-refractivity contribution in [1.29, 1.82) is 0 Å². The Bertz CT molecular complexity index is 929. The Morgan fingerprint density at radius 1 is 1.19 bits per heavy atom. The molecular formula is C18H23N3O5. The SMILES string of the molecule is COc1cc(C)c(C(C)NC(=O)Cn2ccc(=O)n(C)c2=O)cc1OC. The first kappa shape index (κ1) is 19.3. The summed E-state index contributed by atoms with van der Waals surface area (Å²) < 4.78 is 12.7. The number of benzene rings is 1. The normalized spacial score (nSPS) is 11.7. The van der Waals surface area contributed by atoms with E-state index in [1.807, 2.05) is 26.0 Å². The van der Waals surface area contributed by atoms with Gasteiger partial charge in [-0.25, -0.2) is 4.79 Å². The summed E-state index contributed by atoms with van der Waals surface area (Å²) >= 11 is 0. The van der Waals surface area contributed by atoms with Crippen molar-refractivity contribution < 1.29 is 14.3 Å². The zero-order valence-corrected chi connectivity index (χ0v) is 15.5. The minimum Gasteiger partial charge on any atom is -0.493 e. The van der Waals surface area contributed by atoms with Crippen molar-refractivity contribution >= 4 is 5.91 Å². The molecule has 2 aromatic rings. The molecule has 1 heterocycles. The molecule has 0 spiro atoms. The Balaban J connectivity index is 2.18. The quantitative estimate of drug-likeness (QED) is 0.820. The number of nitrogens with one attached hydrogen (secondary N) is 1. The van der Waals surface area contributed by atoms with Crippen LogP contribution >= 0.6 is 0 Å². The van der Waals surface area contributed by atoms with E-state index in [9.17, 15) is 14.4 Å². The maximum atomic E-state index is 12.3. The van der Waals surface area contributed by atoms with Crippen LogP contribution < -0.4 is 26.0 Å². The van der Waals surface area contributed by atoms with Crippen molar-refractivity contribution in [2.75, 3.05) is 14.2 Å². The van der Waals surface area contributed by atoms with E-state index >= 15 is 0 Å². The van der Waals surface area contributed by atoms with Crippen LogP contribution in [-0.2, 0) is 18.4 Å². The van der Waals surface area contributed by atoms with Crippen LogP contribution in [0.25, 0.3) is 0 Å². The zero-order valence-electron chi connectivity index (χ0n) is 15.5. The van der Waals surface area contributed by atoms with E-state index in [1.54, 1.807) is 14.2 Å². The van der Waals surface area contributed by atoms with Crippen molar-refractivity contribution in [3.05, 3.63) is 56.4 Å². The second-order valence-corrected chi connectivity index (χ2v) is 5.98. The molecule has 0 radical (unpaired) electrons. The maximum Gasteiger partial charge on any atom is 0.331 e. The van der Waals surface area contributed by atoms with E-state index in [0.717, 1.165) is 15.7 Å². The molecule has 0 aliphatic heterocycles. The molecule has 0 bridgehead atoms. The Kier molecular flexibility index (Phi) is 5.86. The lowest BCUT2D eigenvalue weighted by Gasteiger charge is -2.19. The summed E-state index contributed by atoms with van der Waals surface area (Å²) in [5, 5.41) is 2.85. The Morgan fingerprint density at radius 2 is 1.81 bits per heavy atom. The van der Waals surface area contributed by atoms with E-state index in [1.165, 1.54) is 23.9 Å². The van der Waals surface area contributed by atoms with Gasteiger partial charge in [0.05, 0.1) is 20.3 Å². The first-order valence-electron chi connectivity index (χ1n) is 8.06. The molecule has 1 aromatic carbocycles. The van der Waals surface area contributed by atoms with Gasteiger partial charge in [-0.3, -0.25) is 18.7 Å². The van der Waals surface area contributed by atoms with Crippen molar-refractivity contribution in [1.82, 2.24) is 14.5 Å². The molecule has 0 fully saturated rings. The van der Waals surface area contributed by atoms with Gasteiger partial charge >= 0.3 is 5.69 Å². The van der Waals surface area contributed by atoms with Crippen LogP contribution in [0.2, 0.25) is 0 Å². The molecule has 26 heavy (non-hydrogen) atoms. The van der Waals surface area contributed by atoms with Crippen LogP contribution in [0.3, 0.4) is 0 Å². The third kappa shape index (κ3) is 3.96. The average Bonchev–Trinajstić information content (AvgIpc) is 2.61.